The number of para-hydroxylation sites is 1. The highest BCUT2D eigenvalue weighted by molar-refractivity contribution is 5.78. The molecule has 20 heavy (non-hydrogen) atoms. The molecule has 0 saturated heterocycles. The average molecular weight is 278 g/mol. The second-order valence-electron chi connectivity index (χ2n) is 4.30. The highest BCUT2D eigenvalue weighted by Gasteiger charge is 2.05. The van der Waals surface area contributed by atoms with E-state index in [2.05, 4.69) is 10.6 Å². The van der Waals surface area contributed by atoms with Crippen LogP contribution in [-0.4, -0.2) is 31.5 Å². The zero-order valence-electron chi connectivity index (χ0n) is 12.1. The first-order valence-electron chi connectivity index (χ1n) is 6.91. The van der Waals surface area contributed by atoms with Gasteiger partial charge in [0.2, 0.25) is 5.91 Å². The van der Waals surface area contributed by atoms with Gasteiger partial charge in [0, 0.05) is 19.5 Å². The molecule has 5 nitrogen and oxygen atoms in total. The van der Waals surface area contributed by atoms with E-state index >= 15 is 0 Å². The molecule has 2 N–H and O–H groups in total. The van der Waals surface area contributed by atoms with Crippen molar-refractivity contribution in [3.63, 3.8) is 0 Å². The van der Waals surface area contributed by atoms with Gasteiger partial charge in [-0.2, -0.15) is 0 Å². The molecule has 0 aliphatic heterocycles. The summed E-state index contributed by atoms with van der Waals surface area (Å²) in [4.78, 5) is 22.6. The van der Waals surface area contributed by atoms with Gasteiger partial charge in [-0.1, -0.05) is 32.0 Å². The molecule has 0 spiro atoms. The lowest BCUT2D eigenvalue weighted by atomic mass is 10.1. The number of carbonyl (C=O) groups excluding carboxylic acids is 2. The highest BCUT2D eigenvalue weighted by atomic mass is 16.5. The Hall–Kier alpha value is -2.04. The first-order chi connectivity index (χ1) is 9.67. The minimum Gasteiger partial charge on any atom is -0.483 e. The van der Waals surface area contributed by atoms with Gasteiger partial charge < -0.3 is 15.4 Å². The average Bonchev–Trinajstić information content (AvgIpc) is 2.49. The molecule has 0 saturated carbocycles. The van der Waals surface area contributed by atoms with Crippen molar-refractivity contribution in [1.29, 1.82) is 0 Å². The first-order valence-corrected chi connectivity index (χ1v) is 6.91. The molecule has 0 aliphatic carbocycles. The van der Waals surface area contributed by atoms with Crippen molar-refractivity contribution in [2.75, 3.05) is 19.7 Å². The maximum absolute atomic E-state index is 11.6. The zero-order chi connectivity index (χ0) is 14.8. The lowest BCUT2D eigenvalue weighted by Crippen LogP contribution is -2.36. The molecule has 1 aromatic rings. The van der Waals surface area contributed by atoms with Gasteiger partial charge in [-0.05, 0) is 18.1 Å². The monoisotopic (exact) mass is 278 g/mol. The van der Waals surface area contributed by atoms with Crippen molar-refractivity contribution >= 4 is 11.8 Å². The van der Waals surface area contributed by atoms with E-state index in [4.69, 9.17) is 4.74 Å². The number of hydrogen-bond acceptors (Lipinski definition) is 3. The van der Waals surface area contributed by atoms with Gasteiger partial charge >= 0.3 is 0 Å². The van der Waals surface area contributed by atoms with E-state index in [-0.39, 0.29) is 18.4 Å². The smallest absolute Gasteiger partial charge is 0.258 e. The Morgan fingerprint density at radius 2 is 1.70 bits per heavy atom. The number of aryl methyl sites for hydroxylation is 1. The van der Waals surface area contributed by atoms with Crippen molar-refractivity contribution in [3.8, 4) is 5.75 Å². The first kappa shape index (κ1) is 16.0. The summed E-state index contributed by atoms with van der Waals surface area (Å²) in [6.07, 6.45) is 1.31. The number of carbonyl (C=O) groups is 2. The Balaban J connectivity index is 2.24. The van der Waals surface area contributed by atoms with Crippen LogP contribution in [0.4, 0.5) is 0 Å². The normalized spacial score (nSPS) is 9.90. The van der Waals surface area contributed by atoms with Crippen LogP contribution < -0.4 is 15.4 Å². The number of rotatable bonds is 8. The van der Waals surface area contributed by atoms with Crippen molar-refractivity contribution in [3.05, 3.63) is 29.8 Å². The fourth-order valence-corrected chi connectivity index (χ4v) is 1.66. The topological polar surface area (TPSA) is 67.4 Å². The van der Waals surface area contributed by atoms with Crippen LogP contribution in [0.5, 0.6) is 5.75 Å². The Morgan fingerprint density at radius 1 is 1.05 bits per heavy atom. The third kappa shape index (κ3) is 5.73. The lowest BCUT2D eigenvalue weighted by molar-refractivity contribution is -0.124. The van der Waals surface area contributed by atoms with E-state index in [1.165, 1.54) is 0 Å². The predicted octanol–water partition coefficient (Wildman–Crippen LogP) is 1.27. The van der Waals surface area contributed by atoms with Gasteiger partial charge in [0.25, 0.3) is 5.91 Å². The summed E-state index contributed by atoms with van der Waals surface area (Å²) < 4.78 is 5.49. The van der Waals surface area contributed by atoms with E-state index in [1.54, 1.807) is 6.92 Å². The van der Waals surface area contributed by atoms with Gasteiger partial charge in [0.15, 0.2) is 6.61 Å². The molecule has 0 fully saturated rings. The maximum atomic E-state index is 11.6. The Bertz CT molecular complexity index is 446. The van der Waals surface area contributed by atoms with E-state index < -0.39 is 0 Å². The molecule has 0 radical (unpaired) electrons. The van der Waals surface area contributed by atoms with Gasteiger partial charge in [0.05, 0.1) is 0 Å². The van der Waals surface area contributed by atoms with Crippen LogP contribution in [-0.2, 0) is 16.0 Å². The van der Waals surface area contributed by atoms with Crippen molar-refractivity contribution < 1.29 is 14.3 Å². The fourth-order valence-electron chi connectivity index (χ4n) is 1.66. The second-order valence-corrected chi connectivity index (χ2v) is 4.30. The lowest BCUT2D eigenvalue weighted by Gasteiger charge is -2.10. The molecular weight excluding hydrogens is 256 g/mol. The summed E-state index contributed by atoms with van der Waals surface area (Å²) in [7, 11) is 0. The SMILES string of the molecule is CCC(=O)NCCNC(=O)COc1ccccc1CC. The highest BCUT2D eigenvalue weighted by Crippen LogP contribution is 2.17. The standard InChI is InChI=1S/C15H22N2O3/c1-3-12-7-5-6-8-13(12)20-11-15(19)17-10-9-16-14(18)4-2/h5-8H,3-4,9-11H2,1-2H3,(H,16,18)(H,17,19). The number of hydrogen-bond donors (Lipinski definition) is 2. The van der Waals surface area contributed by atoms with Crippen LogP contribution in [0.2, 0.25) is 0 Å². The fraction of sp³-hybridized carbons (Fsp3) is 0.467. The quantitative estimate of drug-likeness (QED) is 0.704. The molecule has 5 heteroatoms. The maximum Gasteiger partial charge on any atom is 0.258 e. The molecule has 0 heterocycles. The van der Waals surface area contributed by atoms with Crippen molar-refractivity contribution in [1.82, 2.24) is 10.6 Å². The predicted molar refractivity (Wildman–Crippen MR) is 77.6 cm³/mol. The Labute approximate surface area is 119 Å². The van der Waals surface area contributed by atoms with Crippen molar-refractivity contribution in [2.24, 2.45) is 0 Å². The van der Waals surface area contributed by atoms with Crippen LogP contribution in [0.15, 0.2) is 24.3 Å². The zero-order valence-corrected chi connectivity index (χ0v) is 12.1. The number of ether oxygens (including phenoxy) is 1. The Kier molecular flexibility index (Phi) is 7.17. The van der Waals surface area contributed by atoms with E-state index in [0.717, 1.165) is 17.7 Å². The Morgan fingerprint density at radius 3 is 2.35 bits per heavy atom. The third-order valence-corrected chi connectivity index (χ3v) is 2.80. The summed E-state index contributed by atoms with van der Waals surface area (Å²) in [5.41, 5.74) is 1.08. The number of amides is 2. The van der Waals surface area contributed by atoms with E-state index in [1.807, 2.05) is 31.2 Å². The van der Waals surface area contributed by atoms with E-state index in [0.29, 0.717) is 19.5 Å². The van der Waals surface area contributed by atoms with Crippen LogP contribution in [0.25, 0.3) is 0 Å². The van der Waals surface area contributed by atoms with Crippen LogP contribution in [0, 0.1) is 0 Å². The summed E-state index contributed by atoms with van der Waals surface area (Å²) in [5.74, 6) is 0.526. The molecule has 0 aliphatic rings. The van der Waals surface area contributed by atoms with Crippen LogP contribution in [0.3, 0.4) is 0 Å². The number of benzene rings is 1. The van der Waals surface area contributed by atoms with Crippen LogP contribution in [0.1, 0.15) is 25.8 Å². The molecular formula is C15H22N2O3. The van der Waals surface area contributed by atoms with Gasteiger partial charge in [-0.25, -0.2) is 0 Å². The molecule has 0 unspecified atom stereocenters. The second kappa shape index (κ2) is 8.96. The minimum atomic E-state index is -0.193. The summed E-state index contributed by atoms with van der Waals surface area (Å²) in [6, 6.07) is 7.66. The molecule has 0 aromatic heterocycles. The largest absolute Gasteiger partial charge is 0.483 e. The molecule has 0 atom stereocenters. The third-order valence-electron chi connectivity index (χ3n) is 2.80. The van der Waals surface area contributed by atoms with Gasteiger partial charge in [0.1, 0.15) is 5.75 Å². The van der Waals surface area contributed by atoms with Gasteiger partial charge in [-0.15, -0.1) is 0 Å². The molecule has 0 bridgehead atoms. The molecule has 1 rings (SSSR count). The molecule has 110 valence electrons. The van der Waals surface area contributed by atoms with E-state index in [9.17, 15) is 9.59 Å². The van der Waals surface area contributed by atoms with Crippen molar-refractivity contribution in [2.45, 2.75) is 26.7 Å². The van der Waals surface area contributed by atoms with Gasteiger partial charge in [-0.3, -0.25) is 9.59 Å². The minimum absolute atomic E-state index is 0.0151. The van der Waals surface area contributed by atoms with Crippen LogP contribution >= 0.6 is 0 Å². The summed E-state index contributed by atoms with van der Waals surface area (Å²) >= 11 is 0. The molecule has 2 amide bonds. The summed E-state index contributed by atoms with van der Waals surface area (Å²) in [5, 5.41) is 5.38. The number of nitrogens with one attached hydrogen (secondary N) is 2. The summed E-state index contributed by atoms with van der Waals surface area (Å²) in [6.45, 7) is 4.65. The molecule has 1 aromatic carbocycles.